The molecule has 1 aromatic carbocycles. The Morgan fingerprint density at radius 2 is 1.71 bits per heavy atom. The average Bonchev–Trinajstić information content (AvgIpc) is 2.08. The van der Waals surface area contributed by atoms with Crippen LogP contribution in [0.5, 0.6) is 0 Å². The van der Waals surface area contributed by atoms with Gasteiger partial charge in [-0.3, -0.25) is 0 Å². The summed E-state index contributed by atoms with van der Waals surface area (Å²) in [7, 11) is 0. The number of hydrogen-bond donors (Lipinski definition) is 0. The van der Waals surface area contributed by atoms with Crippen molar-refractivity contribution in [1.29, 1.82) is 0 Å². The molecule has 0 aliphatic carbocycles. The monoisotopic (exact) mass is 205 g/mol. The second-order valence-corrected chi connectivity index (χ2v) is 4.10. The first-order chi connectivity index (χ1) is 6.58. The number of aromatic nitrogens is 1. The molecule has 2 heteroatoms. The Labute approximate surface area is 88.7 Å². The van der Waals surface area contributed by atoms with Gasteiger partial charge in [0.1, 0.15) is 5.15 Å². The number of fused-ring (bicyclic) bond motifs is 1. The molecule has 1 nitrogen and oxygen atoms in total. The molecule has 0 bridgehead atoms. The van der Waals surface area contributed by atoms with Crippen molar-refractivity contribution in [2.45, 2.75) is 20.8 Å². The van der Waals surface area contributed by atoms with E-state index in [0.717, 1.165) is 11.1 Å². The zero-order chi connectivity index (χ0) is 10.3. The number of nitrogens with zero attached hydrogens (tertiary/aromatic N) is 1. The molecule has 0 N–H and O–H groups in total. The molecule has 0 fully saturated rings. The lowest BCUT2D eigenvalue weighted by molar-refractivity contribution is 1.31. The van der Waals surface area contributed by atoms with Crippen molar-refractivity contribution >= 4 is 22.5 Å². The third-order valence-electron chi connectivity index (χ3n) is 2.41. The van der Waals surface area contributed by atoms with E-state index < -0.39 is 0 Å². The van der Waals surface area contributed by atoms with Gasteiger partial charge < -0.3 is 0 Å². The number of rotatable bonds is 0. The highest BCUT2D eigenvalue weighted by Gasteiger charge is 2.03. The first kappa shape index (κ1) is 9.47. The molecule has 0 aliphatic rings. The van der Waals surface area contributed by atoms with Gasteiger partial charge in [-0.1, -0.05) is 17.7 Å². The van der Waals surface area contributed by atoms with Gasteiger partial charge >= 0.3 is 0 Å². The molecular formula is C12H12ClN. The Balaban J connectivity index is 2.89. The fourth-order valence-corrected chi connectivity index (χ4v) is 1.85. The summed E-state index contributed by atoms with van der Waals surface area (Å²) in [6.45, 7) is 6.15. The largest absolute Gasteiger partial charge is 0.236 e. The van der Waals surface area contributed by atoms with Crippen LogP contribution in [0.2, 0.25) is 5.15 Å². The van der Waals surface area contributed by atoms with Gasteiger partial charge in [-0.05, 0) is 49.6 Å². The van der Waals surface area contributed by atoms with Crippen LogP contribution in [0.3, 0.4) is 0 Å². The van der Waals surface area contributed by atoms with Crippen molar-refractivity contribution in [3.8, 4) is 0 Å². The lowest BCUT2D eigenvalue weighted by atomic mass is 10.1. The minimum absolute atomic E-state index is 0.600. The summed E-state index contributed by atoms with van der Waals surface area (Å²) in [6, 6.07) is 6.32. The first-order valence-electron chi connectivity index (χ1n) is 4.62. The molecule has 14 heavy (non-hydrogen) atoms. The summed E-state index contributed by atoms with van der Waals surface area (Å²) < 4.78 is 0. The van der Waals surface area contributed by atoms with Crippen molar-refractivity contribution < 1.29 is 0 Å². The lowest BCUT2D eigenvalue weighted by Gasteiger charge is -2.05. The van der Waals surface area contributed by atoms with Crippen molar-refractivity contribution in [2.75, 3.05) is 0 Å². The van der Waals surface area contributed by atoms with E-state index in [2.05, 4.69) is 37.0 Å². The Kier molecular flexibility index (Phi) is 2.20. The highest BCUT2D eigenvalue weighted by molar-refractivity contribution is 6.30. The average molecular weight is 206 g/mol. The molecule has 0 amide bonds. The zero-order valence-corrected chi connectivity index (χ0v) is 9.31. The SMILES string of the molecule is Cc1cc(C)c2cc(C)c(Cl)nc2c1. The number of halogens is 1. The first-order valence-corrected chi connectivity index (χ1v) is 5.00. The van der Waals surface area contributed by atoms with Gasteiger partial charge in [-0.15, -0.1) is 0 Å². The Hall–Kier alpha value is -1.08. The molecule has 2 aromatic rings. The van der Waals surface area contributed by atoms with E-state index in [1.165, 1.54) is 16.5 Å². The highest BCUT2D eigenvalue weighted by atomic mass is 35.5. The Morgan fingerprint density at radius 3 is 2.43 bits per heavy atom. The maximum absolute atomic E-state index is 5.98. The molecule has 0 unspecified atom stereocenters. The molecule has 0 aliphatic heterocycles. The molecule has 0 saturated carbocycles. The van der Waals surface area contributed by atoms with Crippen LogP contribution in [0.15, 0.2) is 18.2 Å². The van der Waals surface area contributed by atoms with Gasteiger partial charge in [0.2, 0.25) is 0 Å². The number of benzene rings is 1. The van der Waals surface area contributed by atoms with Crippen molar-refractivity contribution in [2.24, 2.45) is 0 Å². The molecule has 0 atom stereocenters. The van der Waals surface area contributed by atoms with Crippen molar-refractivity contribution in [3.63, 3.8) is 0 Å². The second-order valence-electron chi connectivity index (χ2n) is 3.74. The van der Waals surface area contributed by atoms with Gasteiger partial charge in [0.15, 0.2) is 0 Å². The molecule has 72 valence electrons. The van der Waals surface area contributed by atoms with Crippen LogP contribution < -0.4 is 0 Å². The summed E-state index contributed by atoms with van der Waals surface area (Å²) >= 11 is 5.98. The van der Waals surface area contributed by atoms with Crippen LogP contribution in [-0.2, 0) is 0 Å². The van der Waals surface area contributed by atoms with Gasteiger partial charge in [-0.25, -0.2) is 4.98 Å². The third-order valence-corrected chi connectivity index (χ3v) is 2.80. The topological polar surface area (TPSA) is 12.9 Å². The van der Waals surface area contributed by atoms with E-state index in [0.29, 0.717) is 5.15 Å². The fourth-order valence-electron chi connectivity index (χ4n) is 1.71. The van der Waals surface area contributed by atoms with E-state index >= 15 is 0 Å². The quantitative estimate of drug-likeness (QED) is 0.596. The molecule has 0 spiro atoms. The standard InChI is InChI=1S/C12H12ClN/c1-7-4-8(2)10-6-9(3)12(13)14-11(10)5-7/h4-6H,1-3H3. The van der Waals surface area contributed by atoms with Crippen LogP contribution in [0.4, 0.5) is 0 Å². The summed E-state index contributed by atoms with van der Waals surface area (Å²) in [5, 5.41) is 1.79. The van der Waals surface area contributed by atoms with Gasteiger partial charge in [0.25, 0.3) is 0 Å². The predicted molar refractivity (Wildman–Crippen MR) is 61.0 cm³/mol. The van der Waals surface area contributed by atoms with Crippen LogP contribution in [0.25, 0.3) is 10.9 Å². The van der Waals surface area contributed by atoms with Crippen LogP contribution >= 0.6 is 11.6 Å². The maximum atomic E-state index is 5.98. The number of aryl methyl sites for hydroxylation is 3. The lowest BCUT2D eigenvalue weighted by Crippen LogP contribution is -1.88. The maximum Gasteiger partial charge on any atom is 0.132 e. The van der Waals surface area contributed by atoms with Gasteiger partial charge in [0, 0.05) is 5.39 Å². The van der Waals surface area contributed by atoms with Crippen LogP contribution in [0.1, 0.15) is 16.7 Å². The molecule has 0 radical (unpaired) electrons. The number of hydrogen-bond acceptors (Lipinski definition) is 1. The molecular weight excluding hydrogens is 194 g/mol. The molecule has 2 rings (SSSR count). The summed E-state index contributed by atoms with van der Waals surface area (Å²) in [6.07, 6.45) is 0. The van der Waals surface area contributed by atoms with E-state index in [1.807, 2.05) is 6.92 Å². The summed E-state index contributed by atoms with van der Waals surface area (Å²) in [4.78, 5) is 4.36. The normalized spacial score (nSPS) is 10.9. The van der Waals surface area contributed by atoms with Crippen molar-refractivity contribution in [1.82, 2.24) is 4.98 Å². The minimum Gasteiger partial charge on any atom is -0.236 e. The molecule has 1 heterocycles. The van der Waals surface area contributed by atoms with Gasteiger partial charge in [0.05, 0.1) is 5.52 Å². The summed E-state index contributed by atoms with van der Waals surface area (Å²) in [5.41, 5.74) is 4.50. The fraction of sp³-hybridized carbons (Fsp3) is 0.250. The van der Waals surface area contributed by atoms with Crippen molar-refractivity contribution in [3.05, 3.63) is 40.0 Å². The van der Waals surface area contributed by atoms with Crippen LogP contribution in [-0.4, -0.2) is 4.98 Å². The van der Waals surface area contributed by atoms with Crippen LogP contribution in [0, 0.1) is 20.8 Å². The third kappa shape index (κ3) is 1.48. The predicted octanol–water partition coefficient (Wildman–Crippen LogP) is 3.81. The zero-order valence-electron chi connectivity index (χ0n) is 8.56. The molecule has 1 aromatic heterocycles. The van der Waals surface area contributed by atoms with E-state index in [-0.39, 0.29) is 0 Å². The number of pyridine rings is 1. The smallest absolute Gasteiger partial charge is 0.132 e. The molecule has 0 saturated heterocycles. The van der Waals surface area contributed by atoms with Gasteiger partial charge in [-0.2, -0.15) is 0 Å². The van der Waals surface area contributed by atoms with E-state index in [9.17, 15) is 0 Å². The second kappa shape index (κ2) is 3.25. The highest BCUT2D eigenvalue weighted by Crippen LogP contribution is 2.23. The minimum atomic E-state index is 0.600. The van der Waals surface area contributed by atoms with E-state index in [1.54, 1.807) is 0 Å². The van der Waals surface area contributed by atoms with E-state index in [4.69, 9.17) is 11.6 Å². The summed E-state index contributed by atoms with van der Waals surface area (Å²) in [5.74, 6) is 0. The Bertz CT molecular complexity index is 503. The Morgan fingerprint density at radius 1 is 1.00 bits per heavy atom.